The lowest BCUT2D eigenvalue weighted by atomic mass is 9.96. The zero-order valence-corrected chi connectivity index (χ0v) is 16.8. The molecule has 0 heterocycles. The van der Waals surface area contributed by atoms with Gasteiger partial charge in [-0.3, -0.25) is 4.79 Å². The summed E-state index contributed by atoms with van der Waals surface area (Å²) in [6, 6.07) is 8.87. The average Bonchev–Trinajstić information content (AvgIpc) is 2.62. The van der Waals surface area contributed by atoms with Gasteiger partial charge in [0.15, 0.2) is 0 Å². The number of carbonyl (C=O) groups excluding carboxylic acids is 2. The molecule has 0 saturated carbocycles. The second kappa shape index (κ2) is 8.71. The first-order valence-corrected chi connectivity index (χ1v) is 9.06. The lowest BCUT2D eigenvalue weighted by molar-refractivity contribution is 0.0526. The molecule has 0 unspecified atom stereocenters. The zero-order valence-electron chi connectivity index (χ0n) is 16.8. The smallest absolute Gasteiger partial charge is 0.338 e. The van der Waals surface area contributed by atoms with Gasteiger partial charge in [-0.25, -0.2) is 4.79 Å². The molecule has 0 aliphatic carbocycles. The molecule has 2 rings (SSSR count). The molecule has 0 spiro atoms. The number of aryl methyl sites for hydroxylation is 2. The molecular weight excluding hydrogens is 342 g/mol. The van der Waals surface area contributed by atoms with Crippen molar-refractivity contribution in [3.63, 3.8) is 0 Å². The Hall–Kier alpha value is -2.82. The number of methoxy groups -OCH3 is 1. The largest absolute Gasteiger partial charge is 0.496 e. The average molecular weight is 369 g/mol. The normalized spacial score (nSPS) is 10.6. The maximum atomic E-state index is 12.8. The van der Waals surface area contributed by atoms with Crippen molar-refractivity contribution < 1.29 is 19.1 Å². The Morgan fingerprint density at radius 2 is 1.78 bits per heavy atom. The van der Waals surface area contributed by atoms with E-state index in [9.17, 15) is 9.59 Å². The number of anilines is 1. The summed E-state index contributed by atoms with van der Waals surface area (Å²) in [5, 5.41) is 2.94. The first-order chi connectivity index (χ1) is 12.8. The standard InChI is InChI=1S/C22H27NO4/c1-7-27-22(25)16-8-9-19(15(5)10-16)23-21(24)18-12-17(13(2)3)20(26-6)11-14(18)4/h8-13H,7H2,1-6H3,(H,23,24). The molecular formula is C22H27NO4. The minimum Gasteiger partial charge on any atom is -0.496 e. The van der Waals surface area contributed by atoms with Crippen molar-refractivity contribution in [3.05, 3.63) is 58.1 Å². The lowest BCUT2D eigenvalue weighted by Gasteiger charge is -2.16. The number of hydrogen-bond acceptors (Lipinski definition) is 4. The molecule has 1 amide bonds. The van der Waals surface area contributed by atoms with Gasteiger partial charge in [-0.15, -0.1) is 0 Å². The van der Waals surface area contributed by atoms with Crippen molar-refractivity contribution in [3.8, 4) is 5.75 Å². The molecule has 0 aromatic heterocycles. The van der Waals surface area contributed by atoms with Crippen molar-refractivity contribution in [1.82, 2.24) is 0 Å². The molecule has 2 aromatic rings. The number of benzene rings is 2. The number of amides is 1. The van der Waals surface area contributed by atoms with Gasteiger partial charge in [-0.1, -0.05) is 13.8 Å². The van der Waals surface area contributed by atoms with Crippen molar-refractivity contribution in [2.24, 2.45) is 0 Å². The minimum absolute atomic E-state index is 0.191. The van der Waals surface area contributed by atoms with E-state index in [4.69, 9.17) is 9.47 Å². The van der Waals surface area contributed by atoms with E-state index in [0.717, 1.165) is 22.4 Å². The van der Waals surface area contributed by atoms with Gasteiger partial charge in [-0.05, 0) is 73.7 Å². The van der Waals surface area contributed by atoms with E-state index in [1.165, 1.54) is 0 Å². The maximum Gasteiger partial charge on any atom is 0.338 e. The van der Waals surface area contributed by atoms with Crippen LogP contribution < -0.4 is 10.1 Å². The number of esters is 1. The molecule has 144 valence electrons. The highest BCUT2D eigenvalue weighted by Gasteiger charge is 2.17. The molecule has 0 saturated heterocycles. The molecule has 2 aromatic carbocycles. The fourth-order valence-corrected chi connectivity index (χ4v) is 2.91. The minimum atomic E-state index is -0.369. The van der Waals surface area contributed by atoms with Gasteiger partial charge in [0, 0.05) is 11.3 Å². The van der Waals surface area contributed by atoms with Crippen LogP contribution in [0.2, 0.25) is 0 Å². The van der Waals surface area contributed by atoms with Crippen LogP contribution in [0.25, 0.3) is 0 Å². The summed E-state index contributed by atoms with van der Waals surface area (Å²) in [6.45, 7) is 9.95. The van der Waals surface area contributed by atoms with E-state index >= 15 is 0 Å². The van der Waals surface area contributed by atoms with Gasteiger partial charge in [0.05, 0.1) is 19.3 Å². The van der Waals surface area contributed by atoms with Crippen LogP contribution in [-0.4, -0.2) is 25.6 Å². The van der Waals surface area contributed by atoms with Crippen molar-refractivity contribution >= 4 is 17.6 Å². The van der Waals surface area contributed by atoms with Gasteiger partial charge >= 0.3 is 5.97 Å². The maximum absolute atomic E-state index is 12.8. The highest BCUT2D eigenvalue weighted by atomic mass is 16.5. The van der Waals surface area contributed by atoms with E-state index < -0.39 is 0 Å². The van der Waals surface area contributed by atoms with Crippen LogP contribution in [0.15, 0.2) is 30.3 Å². The molecule has 0 bridgehead atoms. The van der Waals surface area contributed by atoms with Crippen LogP contribution in [-0.2, 0) is 4.74 Å². The number of hydrogen-bond donors (Lipinski definition) is 1. The lowest BCUT2D eigenvalue weighted by Crippen LogP contribution is -2.15. The predicted molar refractivity (Wildman–Crippen MR) is 107 cm³/mol. The Bertz CT molecular complexity index is 856. The second-order valence-electron chi connectivity index (χ2n) is 6.77. The van der Waals surface area contributed by atoms with Crippen molar-refractivity contribution in [2.45, 2.75) is 40.5 Å². The summed E-state index contributed by atoms with van der Waals surface area (Å²) < 4.78 is 10.4. The first-order valence-electron chi connectivity index (χ1n) is 9.06. The highest BCUT2D eigenvalue weighted by molar-refractivity contribution is 6.06. The summed E-state index contributed by atoms with van der Waals surface area (Å²) >= 11 is 0. The van der Waals surface area contributed by atoms with Crippen LogP contribution in [0, 0.1) is 13.8 Å². The molecule has 27 heavy (non-hydrogen) atoms. The third kappa shape index (κ3) is 4.67. The van der Waals surface area contributed by atoms with Crippen molar-refractivity contribution in [1.29, 1.82) is 0 Å². The van der Waals surface area contributed by atoms with Gasteiger partial charge in [0.1, 0.15) is 5.75 Å². The SMILES string of the molecule is CCOC(=O)c1ccc(NC(=O)c2cc(C(C)C)c(OC)cc2C)c(C)c1. The number of nitrogens with one attached hydrogen (secondary N) is 1. The topological polar surface area (TPSA) is 64.6 Å². The number of ether oxygens (including phenoxy) is 2. The third-order valence-electron chi connectivity index (χ3n) is 4.43. The second-order valence-corrected chi connectivity index (χ2v) is 6.77. The highest BCUT2D eigenvalue weighted by Crippen LogP contribution is 2.30. The Morgan fingerprint density at radius 1 is 1.07 bits per heavy atom. The first kappa shape index (κ1) is 20.5. The van der Waals surface area contributed by atoms with Crippen LogP contribution in [0.3, 0.4) is 0 Å². The predicted octanol–water partition coefficient (Wildman–Crippen LogP) is 4.86. The van der Waals surface area contributed by atoms with Gasteiger partial charge < -0.3 is 14.8 Å². The Kier molecular flexibility index (Phi) is 6.61. The summed E-state index contributed by atoms with van der Waals surface area (Å²) in [4.78, 5) is 24.7. The summed E-state index contributed by atoms with van der Waals surface area (Å²) in [6.07, 6.45) is 0. The summed E-state index contributed by atoms with van der Waals surface area (Å²) in [5.74, 6) is 0.460. The van der Waals surface area contributed by atoms with Gasteiger partial charge in [-0.2, -0.15) is 0 Å². The van der Waals surface area contributed by atoms with E-state index in [-0.39, 0.29) is 17.8 Å². The van der Waals surface area contributed by atoms with Gasteiger partial charge in [0.2, 0.25) is 0 Å². The van der Waals surface area contributed by atoms with Crippen LogP contribution in [0.1, 0.15) is 64.1 Å². The molecule has 0 aliphatic heterocycles. The van der Waals surface area contributed by atoms with Crippen molar-refractivity contribution in [2.75, 3.05) is 19.0 Å². The van der Waals surface area contributed by atoms with Crippen LogP contribution >= 0.6 is 0 Å². The molecule has 5 nitrogen and oxygen atoms in total. The van der Waals surface area contributed by atoms with E-state index in [2.05, 4.69) is 19.2 Å². The quantitative estimate of drug-likeness (QED) is 0.738. The molecule has 0 aliphatic rings. The molecule has 0 radical (unpaired) electrons. The van der Waals surface area contributed by atoms with E-state index in [1.807, 2.05) is 26.0 Å². The summed E-state index contributed by atoms with van der Waals surface area (Å²) in [5.41, 5.74) is 4.36. The fraction of sp³-hybridized carbons (Fsp3) is 0.364. The molecule has 1 N–H and O–H groups in total. The third-order valence-corrected chi connectivity index (χ3v) is 4.43. The Labute approximate surface area is 160 Å². The summed E-state index contributed by atoms with van der Waals surface area (Å²) in [7, 11) is 1.63. The zero-order chi connectivity index (χ0) is 20.1. The van der Waals surface area contributed by atoms with E-state index in [0.29, 0.717) is 23.4 Å². The van der Waals surface area contributed by atoms with E-state index in [1.54, 1.807) is 32.2 Å². The Balaban J connectivity index is 2.30. The Morgan fingerprint density at radius 3 is 2.33 bits per heavy atom. The monoisotopic (exact) mass is 369 g/mol. The fourth-order valence-electron chi connectivity index (χ4n) is 2.91. The van der Waals surface area contributed by atoms with Crippen LogP contribution in [0.5, 0.6) is 5.75 Å². The van der Waals surface area contributed by atoms with Gasteiger partial charge in [0.25, 0.3) is 5.91 Å². The molecule has 0 atom stereocenters. The molecule has 5 heteroatoms. The number of rotatable bonds is 6. The number of carbonyl (C=O) groups is 2. The van der Waals surface area contributed by atoms with Crippen LogP contribution in [0.4, 0.5) is 5.69 Å². The molecule has 0 fully saturated rings.